The van der Waals surface area contributed by atoms with Gasteiger partial charge in [0, 0.05) is 56.4 Å². The maximum atomic E-state index is 12.3. The molecule has 2 saturated heterocycles. The number of carbonyl (C=O) groups excluding carboxylic acids is 1. The van der Waals surface area contributed by atoms with Crippen LogP contribution in [0.1, 0.15) is 34.5 Å². The summed E-state index contributed by atoms with van der Waals surface area (Å²) in [5, 5.41) is 12.8. The number of halogens is 2. The molecular formula is C26H33Cl2N9O. The Kier molecular flexibility index (Phi) is 9.41. The smallest absolute Gasteiger partial charge is 0.273 e. The van der Waals surface area contributed by atoms with Gasteiger partial charge in [-0.05, 0) is 43.6 Å². The number of rotatable bonds is 8. The number of hydrogen-bond acceptors (Lipinski definition) is 9. The van der Waals surface area contributed by atoms with Crippen LogP contribution in [-0.2, 0) is 6.54 Å². The molecule has 0 radical (unpaired) electrons. The van der Waals surface area contributed by atoms with Crippen LogP contribution in [0.5, 0.6) is 0 Å². The van der Waals surface area contributed by atoms with Crippen molar-refractivity contribution in [2.75, 3.05) is 56.4 Å². The molecule has 2 fully saturated rings. The third kappa shape index (κ3) is 6.37. The molecule has 1 amide bonds. The zero-order valence-corrected chi connectivity index (χ0v) is 22.8. The zero-order chi connectivity index (χ0) is 27.2. The Hall–Kier alpha value is -2.94. The van der Waals surface area contributed by atoms with E-state index >= 15 is 0 Å². The minimum Gasteiger partial charge on any atom is -0.382 e. The second-order valence-electron chi connectivity index (χ2n) is 9.52. The van der Waals surface area contributed by atoms with Crippen molar-refractivity contribution in [3.05, 3.63) is 57.9 Å². The van der Waals surface area contributed by atoms with Crippen molar-refractivity contribution in [3.8, 4) is 6.07 Å². The maximum absolute atomic E-state index is 12.3. The first-order chi connectivity index (χ1) is 18.3. The summed E-state index contributed by atoms with van der Waals surface area (Å²) in [5.41, 5.74) is 13.1. The maximum Gasteiger partial charge on any atom is 0.273 e. The molecule has 0 unspecified atom stereocenters. The Morgan fingerprint density at radius 1 is 1.24 bits per heavy atom. The number of carbonyl (C=O) groups is 1. The van der Waals surface area contributed by atoms with E-state index in [0.29, 0.717) is 48.6 Å². The third-order valence-corrected chi connectivity index (χ3v) is 7.64. The fourth-order valence-electron chi connectivity index (χ4n) is 5.18. The minimum atomic E-state index is -0.450. The average Bonchev–Trinajstić information content (AvgIpc) is 2.93. The molecule has 0 spiro atoms. The second kappa shape index (κ2) is 12.7. The van der Waals surface area contributed by atoms with Gasteiger partial charge in [0.2, 0.25) is 0 Å². The molecule has 4 rings (SSSR count). The number of nitrogens with two attached hydrogens (primary N) is 2. The summed E-state index contributed by atoms with van der Waals surface area (Å²) in [7, 11) is 0. The van der Waals surface area contributed by atoms with Gasteiger partial charge in [-0.15, -0.1) is 6.58 Å². The van der Waals surface area contributed by atoms with E-state index in [2.05, 4.69) is 42.6 Å². The van der Waals surface area contributed by atoms with Crippen LogP contribution in [0.15, 0.2) is 30.9 Å². The summed E-state index contributed by atoms with van der Waals surface area (Å²) in [4.78, 5) is 27.9. The lowest BCUT2D eigenvalue weighted by Crippen LogP contribution is -2.58. The number of nitrogens with zero attached hydrogens (tertiary/aromatic N) is 6. The lowest BCUT2D eigenvalue weighted by Gasteiger charge is -2.47. The van der Waals surface area contributed by atoms with Crippen molar-refractivity contribution in [1.29, 1.82) is 5.26 Å². The standard InChI is InChI=1S/C26H33Cl2N9O/c1-2-20-16-36(25-23(28)33-22(24(31)34-25)26(38)32-8-7-29)11-12-37(20)21-5-9-35(10-6-21)15-17-3-4-19(27)13-18(17)14-30/h2-4,13,20-21H,1,5-12,15-16,29H2,(H2,31,34)(H,32,38)/t20-/m0/s1. The molecule has 1 atom stereocenters. The van der Waals surface area contributed by atoms with Gasteiger partial charge >= 0.3 is 0 Å². The number of benzene rings is 1. The monoisotopic (exact) mass is 557 g/mol. The van der Waals surface area contributed by atoms with E-state index in [1.807, 2.05) is 18.2 Å². The van der Waals surface area contributed by atoms with Gasteiger partial charge in [0.25, 0.3) is 5.91 Å². The van der Waals surface area contributed by atoms with Crippen molar-refractivity contribution < 1.29 is 4.79 Å². The van der Waals surface area contributed by atoms with Gasteiger partial charge < -0.3 is 21.7 Å². The SMILES string of the molecule is C=C[C@H]1CN(c2nc(N)c(C(=O)NCCN)nc2Cl)CCN1C1CCN(Cc2ccc(Cl)cc2C#N)CC1. The molecular weight excluding hydrogens is 525 g/mol. The van der Waals surface area contributed by atoms with Crippen molar-refractivity contribution in [2.24, 2.45) is 5.73 Å². The molecule has 38 heavy (non-hydrogen) atoms. The van der Waals surface area contributed by atoms with E-state index in [1.165, 1.54) is 0 Å². The lowest BCUT2D eigenvalue weighted by molar-refractivity contribution is 0.0782. The number of aromatic nitrogens is 2. The molecule has 2 aromatic rings. The first-order valence-electron chi connectivity index (χ1n) is 12.7. The normalized spacial score (nSPS) is 19.2. The predicted octanol–water partition coefficient (Wildman–Crippen LogP) is 2.27. The fourth-order valence-corrected chi connectivity index (χ4v) is 5.59. The van der Waals surface area contributed by atoms with Gasteiger partial charge in [-0.1, -0.05) is 35.3 Å². The number of hydrogen-bond donors (Lipinski definition) is 3. The summed E-state index contributed by atoms with van der Waals surface area (Å²) < 4.78 is 0. The molecule has 0 bridgehead atoms. The third-order valence-electron chi connectivity index (χ3n) is 7.15. The van der Waals surface area contributed by atoms with Crippen molar-refractivity contribution in [1.82, 2.24) is 25.1 Å². The van der Waals surface area contributed by atoms with Crippen LogP contribution < -0.4 is 21.7 Å². The Morgan fingerprint density at radius 2 is 2.00 bits per heavy atom. The topological polar surface area (TPSA) is 140 Å². The van der Waals surface area contributed by atoms with Crippen molar-refractivity contribution in [2.45, 2.75) is 31.5 Å². The van der Waals surface area contributed by atoms with E-state index in [-0.39, 0.29) is 22.7 Å². The summed E-state index contributed by atoms with van der Waals surface area (Å²) >= 11 is 12.5. The van der Waals surface area contributed by atoms with Crippen molar-refractivity contribution in [3.63, 3.8) is 0 Å². The largest absolute Gasteiger partial charge is 0.382 e. The van der Waals surface area contributed by atoms with Crippen LogP contribution in [-0.4, -0.2) is 83.6 Å². The highest BCUT2D eigenvalue weighted by Crippen LogP contribution is 2.29. The van der Waals surface area contributed by atoms with E-state index in [9.17, 15) is 10.1 Å². The highest BCUT2D eigenvalue weighted by Gasteiger charge is 2.34. The number of anilines is 2. The fraction of sp³-hybridized carbons (Fsp3) is 0.462. The Balaban J connectivity index is 1.37. The van der Waals surface area contributed by atoms with E-state index < -0.39 is 5.91 Å². The molecule has 2 aliphatic heterocycles. The van der Waals surface area contributed by atoms with Gasteiger partial charge in [-0.25, -0.2) is 9.97 Å². The number of amides is 1. The highest BCUT2D eigenvalue weighted by molar-refractivity contribution is 6.32. The van der Waals surface area contributed by atoms with Gasteiger partial charge in [0.15, 0.2) is 22.5 Å². The van der Waals surface area contributed by atoms with Gasteiger partial charge in [0.05, 0.1) is 11.6 Å². The zero-order valence-electron chi connectivity index (χ0n) is 21.2. The Morgan fingerprint density at radius 3 is 2.68 bits per heavy atom. The summed E-state index contributed by atoms with van der Waals surface area (Å²) in [6.45, 7) is 9.50. The molecule has 202 valence electrons. The highest BCUT2D eigenvalue weighted by atomic mass is 35.5. The van der Waals surface area contributed by atoms with Crippen LogP contribution in [0.3, 0.4) is 0 Å². The number of likely N-dealkylation sites (tertiary alicyclic amines) is 1. The van der Waals surface area contributed by atoms with Crippen LogP contribution in [0.2, 0.25) is 10.2 Å². The average molecular weight is 559 g/mol. The van der Waals surface area contributed by atoms with Crippen LogP contribution >= 0.6 is 23.2 Å². The van der Waals surface area contributed by atoms with Gasteiger partial charge in [0.1, 0.15) is 0 Å². The molecule has 1 aromatic heterocycles. The summed E-state index contributed by atoms with van der Waals surface area (Å²) in [6, 6.07) is 8.30. The first-order valence-corrected chi connectivity index (χ1v) is 13.5. The molecule has 0 saturated carbocycles. The van der Waals surface area contributed by atoms with Gasteiger partial charge in [-0.3, -0.25) is 14.6 Å². The number of piperazine rings is 1. The summed E-state index contributed by atoms with van der Waals surface area (Å²) in [5.74, 6) is 0.0511. The van der Waals surface area contributed by atoms with E-state index in [1.54, 1.807) is 6.07 Å². The van der Waals surface area contributed by atoms with E-state index in [0.717, 1.165) is 44.6 Å². The molecule has 2 aliphatic rings. The van der Waals surface area contributed by atoms with Crippen LogP contribution in [0, 0.1) is 11.3 Å². The molecule has 12 heteroatoms. The molecule has 5 N–H and O–H groups in total. The minimum absolute atomic E-state index is 0.00152. The van der Waals surface area contributed by atoms with Crippen LogP contribution in [0.4, 0.5) is 11.6 Å². The first kappa shape index (κ1) is 28.1. The van der Waals surface area contributed by atoms with Crippen molar-refractivity contribution >= 4 is 40.7 Å². The number of piperidine rings is 1. The Labute approximate surface area is 233 Å². The molecule has 10 nitrogen and oxygen atoms in total. The molecule has 1 aromatic carbocycles. The second-order valence-corrected chi connectivity index (χ2v) is 10.3. The van der Waals surface area contributed by atoms with E-state index in [4.69, 9.17) is 34.7 Å². The number of nitriles is 1. The van der Waals surface area contributed by atoms with Gasteiger partial charge in [-0.2, -0.15) is 5.26 Å². The lowest BCUT2D eigenvalue weighted by atomic mass is 9.98. The molecule has 0 aliphatic carbocycles. The van der Waals surface area contributed by atoms with Crippen LogP contribution in [0.25, 0.3) is 0 Å². The Bertz CT molecular complexity index is 1210. The molecule has 3 heterocycles. The summed E-state index contributed by atoms with van der Waals surface area (Å²) in [6.07, 6.45) is 4.02. The number of nitrogens with one attached hydrogen (secondary N) is 1. The predicted molar refractivity (Wildman–Crippen MR) is 150 cm³/mol. The quantitative estimate of drug-likeness (QED) is 0.416. The number of nitrogen functional groups attached to an aromatic ring is 1.